The maximum absolute atomic E-state index is 11.9. The van der Waals surface area contributed by atoms with Gasteiger partial charge in [0.1, 0.15) is 5.15 Å². The Morgan fingerprint density at radius 3 is 2.72 bits per heavy atom. The van der Waals surface area contributed by atoms with E-state index in [9.17, 15) is 4.79 Å². The van der Waals surface area contributed by atoms with Gasteiger partial charge in [-0.15, -0.1) is 24.0 Å². The molecular weight excluding hydrogens is 455 g/mol. The number of amides is 1. The molecule has 0 bridgehead atoms. The number of rotatable bonds is 6. The van der Waals surface area contributed by atoms with Gasteiger partial charge in [-0.25, -0.2) is 4.98 Å². The molecule has 2 aromatic heterocycles. The van der Waals surface area contributed by atoms with E-state index in [1.165, 1.54) is 0 Å². The Morgan fingerprint density at radius 2 is 2.08 bits per heavy atom. The van der Waals surface area contributed by atoms with Crippen LogP contribution in [0.25, 0.3) is 0 Å². The van der Waals surface area contributed by atoms with Crippen molar-refractivity contribution in [2.45, 2.75) is 6.42 Å². The lowest BCUT2D eigenvalue weighted by Crippen LogP contribution is -2.42. The third-order valence-electron chi connectivity index (χ3n) is 3.08. The highest BCUT2D eigenvalue weighted by molar-refractivity contribution is 14.0. The minimum absolute atomic E-state index is 0. The molecule has 0 aliphatic rings. The van der Waals surface area contributed by atoms with Crippen LogP contribution >= 0.6 is 35.6 Å². The van der Waals surface area contributed by atoms with Crippen LogP contribution in [0.1, 0.15) is 5.56 Å². The number of carbonyl (C=O) groups excluding carboxylic acids is 1. The van der Waals surface area contributed by atoms with E-state index in [1.807, 2.05) is 6.07 Å². The van der Waals surface area contributed by atoms with Gasteiger partial charge in [0.2, 0.25) is 5.91 Å². The summed E-state index contributed by atoms with van der Waals surface area (Å²) in [7, 11) is 1.65. The average molecular weight is 475 g/mol. The first-order valence-corrected chi connectivity index (χ1v) is 7.80. The number of hydrogen-bond acceptors (Lipinski definition) is 4. The Morgan fingerprint density at radius 1 is 1.24 bits per heavy atom. The summed E-state index contributed by atoms with van der Waals surface area (Å²) in [6.45, 7) is 0.768. The first-order chi connectivity index (χ1) is 11.7. The highest BCUT2D eigenvalue weighted by Gasteiger charge is 2.04. The van der Waals surface area contributed by atoms with E-state index < -0.39 is 0 Å². The number of aliphatic imine (C=N–C) groups is 1. The number of guanidine groups is 1. The van der Waals surface area contributed by atoms with Crippen LogP contribution in [0.5, 0.6) is 0 Å². The fourth-order valence-corrected chi connectivity index (χ4v) is 2.02. The van der Waals surface area contributed by atoms with E-state index >= 15 is 0 Å². The molecule has 2 heterocycles. The zero-order chi connectivity index (χ0) is 17.2. The van der Waals surface area contributed by atoms with Gasteiger partial charge in [0, 0.05) is 26.0 Å². The van der Waals surface area contributed by atoms with Gasteiger partial charge in [-0.2, -0.15) is 0 Å². The normalized spacial score (nSPS) is 10.6. The van der Waals surface area contributed by atoms with Gasteiger partial charge in [0.25, 0.3) is 0 Å². The summed E-state index contributed by atoms with van der Waals surface area (Å²) in [5.74, 6) is 0.381. The lowest BCUT2D eigenvalue weighted by Gasteiger charge is -2.12. The van der Waals surface area contributed by atoms with Gasteiger partial charge in [0.05, 0.1) is 18.4 Å². The summed E-state index contributed by atoms with van der Waals surface area (Å²) in [6, 6.07) is 7.22. The van der Waals surface area contributed by atoms with Crippen molar-refractivity contribution in [1.82, 2.24) is 20.6 Å². The number of halogens is 2. The summed E-state index contributed by atoms with van der Waals surface area (Å²) in [5, 5.41) is 9.31. The molecule has 2 rings (SSSR count). The van der Waals surface area contributed by atoms with Gasteiger partial charge in [0.15, 0.2) is 5.96 Å². The third-order valence-corrected chi connectivity index (χ3v) is 3.30. The van der Waals surface area contributed by atoms with Crippen LogP contribution in [0.3, 0.4) is 0 Å². The molecule has 0 saturated heterocycles. The van der Waals surface area contributed by atoms with Crippen LogP contribution in [0.2, 0.25) is 5.15 Å². The Kier molecular flexibility index (Phi) is 9.78. The summed E-state index contributed by atoms with van der Waals surface area (Å²) in [5.41, 5.74) is 1.72. The van der Waals surface area contributed by atoms with Crippen molar-refractivity contribution in [1.29, 1.82) is 0 Å². The average Bonchev–Trinajstić information content (AvgIpc) is 2.60. The minimum Gasteiger partial charge on any atom is -0.356 e. The Hall–Kier alpha value is -1.94. The summed E-state index contributed by atoms with van der Waals surface area (Å²) < 4.78 is 0. The standard InChI is InChI=1S/C16H19ClN6O.HI/c1-18-16(20-8-6-12-4-5-14(17)21-9-12)22-11-15(24)23-13-3-2-7-19-10-13;/h2-5,7,9-10H,6,8,11H2,1H3,(H,23,24)(H2,18,20,22);1H. The molecule has 0 atom stereocenters. The molecule has 0 saturated carbocycles. The maximum atomic E-state index is 11.9. The molecule has 134 valence electrons. The van der Waals surface area contributed by atoms with Crippen LogP contribution in [-0.2, 0) is 11.2 Å². The fourth-order valence-electron chi connectivity index (χ4n) is 1.91. The summed E-state index contributed by atoms with van der Waals surface area (Å²) in [4.78, 5) is 23.9. The molecule has 3 N–H and O–H groups in total. The Labute approximate surface area is 168 Å². The number of nitrogens with one attached hydrogen (secondary N) is 3. The minimum atomic E-state index is -0.173. The van der Waals surface area contributed by atoms with Crippen molar-refractivity contribution in [2.75, 3.05) is 25.5 Å². The van der Waals surface area contributed by atoms with Crippen molar-refractivity contribution in [3.8, 4) is 0 Å². The van der Waals surface area contributed by atoms with Crippen molar-refractivity contribution in [2.24, 2.45) is 4.99 Å². The van der Waals surface area contributed by atoms with Crippen LogP contribution in [0.15, 0.2) is 47.8 Å². The number of pyridine rings is 2. The van der Waals surface area contributed by atoms with Crippen molar-refractivity contribution < 1.29 is 4.79 Å². The molecule has 9 heteroatoms. The summed E-state index contributed by atoms with van der Waals surface area (Å²) in [6.07, 6.45) is 5.75. The molecule has 0 aromatic carbocycles. The lowest BCUT2D eigenvalue weighted by atomic mass is 10.2. The van der Waals surface area contributed by atoms with E-state index in [0.717, 1.165) is 12.0 Å². The molecule has 25 heavy (non-hydrogen) atoms. The molecule has 0 aliphatic heterocycles. The fraction of sp³-hybridized carbons (Fsp3) is 0.250. The Balaban J connectivity index is 0.00000312. The predicted octanol–water partition coefficient (Wildman–Crippen LogP) is 2.09. The monoisotopic (exact) mass is 474 g/mol. The number of aromatic nitrogens is 2. The number of nitrogens with zero attached hydrogens (tertiary/aromatic N) is 3. The number of anilines is 1. The maximum Gasteiger partial charge on any atom is 0.243 e. The van der Waals surface area contributed by atoms with Gasteiger partial charge in [-0.1, -0.05) is 17.7 Å². The third kappa shape index (κ3) is 8.12. The smallest absolute Gasteiger partial charge is 0.243 e. The van der Waals surface area contributed by atoms with Crippen molar-refractivity contribution >= 4 is 53.1 Å². The van der Waals surface area contributed by atoms with E-state index in [1.54, 1.807) is 43.8 Å². The van der Waals surface area contributed by atoms with Crippen LogP contribution in [-0.4, -0.2) is 42.0 Å². The van der Waals surface area contributed by atoms with E-state index in [-0.39, 0.29) is 36.4 Å². The molecule has 0 fully saturated rings. The molecule has 2 aromatic rings. The SMILES string of the molecule is CN=C(NCCc1ccc(Cl)nc1)NCC(=O)Nc1cccnc1.I. The molecule has 1 amide bonds. The molecular formula is C16H20ClIN6O. The second-order valence-electron chi connectivity index (χ2n) is 4.88. The van der Waals surface area contributed by atoms with Gasteiger partial charge >= 0.3 is 0 Å². The molecule has 0 aliphatic carbocycles. The van der Waals surface area contributed by atoms with Crippen LogP contribution < -0.4 is 16.0 Å². The van der Waals surface area contributed by atoms with E-state index in [2.05, 4.69) is 30.9 Å². The zero-order valence-corrected chi connectivity index (χ0v) is 16.8. The highest BCUT2D eigenvalue weighted by atomic mass is 127. The highest BCUT2D eigenvalue weighted by Crippen LogP contribution is 2.05. The Bertz CT molecular complexity index is 681. The van der Waals surface area contributed by atoms with E-state index in [0.29, 0.717) is 23.3 Å². The lowest BCUT2D eigenvalue weighted by molar-refractivity contribution is -0.115. The van der Waals surface area contributed by atoms with Crippen LogP contribution in [0, 0.1) is 0 Å². The largest absolute Gasteiger partial charge is 0.356 e. The van der Waals surface area contributed by atoms with Crippen molar-refractivity contribution in [3.63, 3.8) is 0 Å². The number of hydrogen-bond donors (Lipinski definition) is 3. The van der Waals surface area contributed by atoms with Crippen LogP contribution in [0.4, 0.5) is 5.69 Å². The van der Waals surface area contributed by atoms with Gasteiger partial charge in [-0.3, -0.25) is 14.8 Å². The molecule has 0 spiro atoms. The van der Waals surface area contributed by atoms with E-state index in [4.69, 9.17) is 11.6 Å². The second-order valence-corrected chi connectivity index (χ2v) is 5.27. The first kappa shape index (κ1) is 21.1. The van der Waals surface area contributed by atoms with Gasteiger partial charge in [-0.05, 0) is 30.2 Å². The summed E-state index contributed by atoms with van der Waals surface area (Å²) >= 11 is 5.75. The quantitative estimate of drug-likeness (QED) is 0.258. The second kappa shape index (κ2) is 11.6. The topological polar surface area (TPSA) is 91.3 Å². The molecule has 7 nitrogen and oxygen atoms in total. The van der Waals surface area contributed by atoms with Gasteiger partial charge < -0.3 is 16.0 Å². The molecule has 0 radical (unpaired) electrons. The molecule has 0 unspecified atom stereocenters. The number of carbonyl (C=O) groups is 1. The van der Waals surface area contributed by atoms with Crippen molar-refractivity contribution in [3.05, 3.63) is 53.6 Å². The predicted molar refractivity (Wildman–Crippen MR) is 111 cm³/mol. The zero-order valence-electron chi connectivity index (χ0n) is 13.7. The first-order valence-electron chi connectivity index (χ1n) is 7.42.